The second-order valence-electron chi connectivity index (χ2n) is 5.06. The van der Waals surface area contributed by atoms with Gasteiger partial charge in [0, 0.05) is 12.2 Å². The van der Waals surface area contributed by atoms with E-state index in [-0.39, 0.29) is 12.1 Å². The summed E-state index contributed by atoms with van der Waals surface area (Å²) in [6, 6.07) is 6.63. The molecule has 0 aliphatic carbocycles. The molecule has 106 valence electrons. The second kappa shape index (κ2) is 6.92. The maximum absolute atomic E-state index is 5.88. The maximum atomic E-state index is 5.88. The number of hydrogen-bond acceptors (Lipinski definition) is 3. The molecule has 0 aromatic heterocycles. The number of ether oxygens (including phenoxy) is 2. The molecule has 1 fully saturated rings. The molecule has 1 aromatic rings. The maximum Gasteiger partial charge on any atom is 0.124 e. The topological polar surface area (TPSA) is 30.5 Å². The molecule has 2 atom stereocenters. The highest BCUT2D eigenvalue weighted by molar-refractivity contribution is 5.40. The molecule has 1 aliphatic heterocycles. The van der Waals surface area contributed by atoms with Crippen molar-refractivity contribution in [3.63, 3.8) is 0 Å². The normalized spacial score (nSPS) is 20.5. The van der Waals surface area contributed by atoms with Gasteiger partial charge in [-0.1, -0.05) is 24.6 Å². The molecule has 19 heavy (non-hydrogen) atoms. The molecule has 1 aliphatic rings. The van der Waals surface area contributed by atoms with Gasteiger partial charge in [-0.3, -0.25) is 0 Å². The molecule has 2 unspecified atom stereocenters. The van der Waals surface area contributed by atoms with Crippen LogP contribution in [0.3, 0.4) is 0 Å². The minimum absolute atomic E-state index is 0.231. The number of likely N-dealkylation sites (N-methyl/N-ethyl adjacent to an activating group) is 1. The highest BCUT2D eigenvalue weighted by Crippen LogP contribution is 2.33. The fourth-order valence-electron chi connectivity index (χ4n) is 2.72. The number of aryl methyl sites for hydroxylation is 1. The van der Waals surface area contributed by atoms with Gasteiger partial charge in [-0.2, -0.15) is 0 Å². The van der Waals surface area contributed by atoms with Crippen molar-refractivity contribution in [2.75, 3.05) is 19.8 Å². The zero-order valence-corrected chi connectivity index (χ0v) is 12.2. The Kier molecular flexibility index (Phi) is 5.23. The van der Waals surface area contributed by atoms with E-state index >= 15 is 0 Å². The first-order valence-electron chi connectivity index (χ1n) is 7.34. The average Bonchev–Trinajstić information content (AvgIpc) is 2.92. The highest BCUT2D eigenvalue weighted by atomic mass is 16.5. The van der Waals surface area contributed by atoms with E-state index in [1.807, 2.05) is 6.92 Å². The molecule has 0 bridgehead atoms. The zero-order valence-electron chi connectivity index (χ0n) is 12.2. The van der Waals surface area contributed by atoms with Gasteiger partial charge in [-0.15, -0.1) is 0 Å². The predicted octanol–water partition coefficient (Wildman–Crippen LogP) is 3.22. The van der Waals surface area contributed by atoms with Gasteiger partial charge >= 0.3 is 0 Å². The van der Waals surface area contributed by atoms with E-state index in [2.05, 4.69) is 37.4 Å². The standard InChI is InChI=1S/C16H25NO2/c1-4-17-16(15-7-6-10-19-15)13-11-12(3)8-9-14(13)18-5-2/h8-9,11,15-17H,4-7,10H2,1-3H3. The third-order valence-electron chi connectivity index (χ3n) is 3.56. The Balaban J connectivity index is 2.30. The number of hydrogen-bond donors (Lipinski definition) is 1. The van der Waals surface area contributed by atoms with E-state index in [0.717, 1.165) is 31.7 Å². The van der Waals surface area contributed by atoms with Gasteiger partial charge in [-0.05, 0) is 39.3 Å². The van der Waals surface area contributed by atoms with Gasteiger partial charge in [0.1, 0.15) is 5.75 Å². The lowest BCUT2D eigenvalue weighted by Crippen LogP contribution is -2.32. The molecule has 1 saturated heterocycles. The summed E-state index contributed by atoms with van der Waals surface area (Å²) in [6.07, 6.45) is 2.54. The van der Waals surface area contributed by atoms with Gasteiger partial charge in [0.15, 0.2) is 0 Å². The van der Waals surface area contributed by atoms with Gasteiger partial charge in [0.25, 0.3) is 0 Å². The molecule has 2 rings (SSSR count). The SMILES string of the molecule is CCNC(c1cc(C)ccc1OCC)C1CCCO1. The van der Waals surface area contributed by atoms with Crippen LogP contribution in [0.25, 0.3) is 0 Å². The summed E-state index contributed by atoms with van der Waals surface area (Å²) in [6.45, 7) is 8.79. The van der Waals surface area contributed by atoms with Crippen LogP contribution in [0.5, 0.6) is 5.75 Å². The van der Waals surface area contributed by atoms with Crippen LogP contribution >= 0.6 is 0 Å². The minimum Gasteiger partial charge on any atom is -0.494 e. The van der Waals surface area contributed by atoms with Gasteiger partial charge in [0.2, 0.25) is 0 Å². The quantitative estimate of drug-likeness (QED) is 0.855. The second-order valence-corrected chi connectivity index (χ2v) is 5.06. The largest absolute Gasteiger partial charge is 0.494 e. The molecular weight excluding hydrogens is 238 g/mol. The van der Waals surface area contributed by atoms with E-state index in [0.29, 0.717) is 6.61 Å². The molecule has 1 heterocycles. The Morgan fingerprint density at radius 2 is 2.26 bits per heavy atom. The third kappa shape index (κ3) is 3.48. The fourth-order valence-corrected chi connectivity index (χ4v) is 2.72. The molecule has 3 heteroatoms. The summed E-state index contributed by atoms with van der Waals surface area (Å²) in [5, 5.41) is 3.56. The van der Waals surface area contributed by atoms with Crippen molar-refractivity contribution >= 4 is 0 Å². The zero-order chi connectivity index (χ0) is 13.7. The number of benzene rings is 1. The van der Waals surface area contributed by atoms with Crippen molar-refractivity contribution in [3.8, 4) is 5.75 Å². The van der Waals surface area contributed by atoms with Crippen LogP contribution in [0.2, 0.25) is 0 Å². The molecule has 0 radical (unpaired) electrons. The molecule has 0 saturated carbocycles. The first kappa shape index (κ1) is 14.4. The van der Waals surface area contributed by atoms with Crippen LogP contribution in [0, 0.1) is 6.92 Å². The van der Waals surface area contributed by atoms with Crippen LogP contribution in [0.1, 0.15) is 43.9 Å². The van der Waals surface area contributed by atoms with E-state index in [1.54, 1.807) is 0 Å². The van der Waals surface area contributed by atoms with E-state index in [1.165, 1.54) is 11.1 Å². The Hall–Kier alpha value is -1.06. The van der Waals surface area contributed by atoms with Crippen LogP contribution < -0.4 is 10.1 Å². The molecule has 0 amide bonds. The van der Waals surface area contributed by atoms with Crippen LogP contribution in [-0.4, -0.2) is 25.9 Å². The average molecular weight is 263 g/mol. The smallest absolute Gasteiger partial charge is 0.124 e. The number of nitrogens with one attached hydrogen (secondary N) is 1. The summed E-state index contributed by atoms with van der Waals surface area (Å²) >= 11 is 0. The Bertz CT molecular complexity index is 400. The van der Waals surface area contributed by atoms with Gasteiger partial charge < -0.3 is 14.8 Å². The first-order valence-corrected chi connectivity index (χ1v) is 7.34. The van der Waals surface area contributed by atoms with Crippen molar-refractivity contribution in [2.45, 2.75) is 45.8 Å². The van der Waals surface area contributed by atoms with Crippen molar-refractivity contribution in [2.24, 2.45) is 0 Å². The summed E-state index contributed by atoms with van der Waals surface area (Å²) < 4.78 is 11.7. The molecule has 0 spiro atoms. The molecule has 3 nitrogen and oxygen atoms in total. The third-order valence-corrected chi connectivity index (χ3v) is 3.56. The monoisotopic (exact) mass is 263 g/mol. The summed E-state index contributed by atoms with van der Waals surface area (Å²) in [5.41, 5.74) is 2.50. The highest BCUT2D eigenvalue weighted by Gasteiger charge is 2.28. The Morgan fingerprint density at radius 1 is 1.42 bits per heavy atom. The Morgan fingerprint density at radius 3 is 2.89 bits per heavy atom. The van der Waals surface area contributed by atoms with Crippen molar-refractivity contribution in [1.29, 1.82) is 0 Å². The molecule has 1 aromatic carbocycles. The van der Waals surface area contributed by atoms with E-state index in [9.17, 15) is 0 Å². The van der Waals surface area contributed by atoms with E-state index in [4.69, 9.17) is 9.47 Å². The van der Waals surface area contributed by atoms with Crippen molar-refractivity contribution < 1.29 is 9.47 Å². The van der Waals surface area contributed by atoms with Crippen LogP contribution in [0.4, 0.5) is 0 Å². The summed E-state index contributed by atoms with van der Waals surface area (Å²) in [5.74, 6) is 0.981. The van der Waals surface area contributed by atoms with Crippen LogP contribution in [-0.2, 0) is 4.74 Å². The predicted molar refractivity (Wildman–Crippen MR) is 77.7 cm³/mol. The van der Waals surface area contributed by atoms with E-state index < -0.39 is 0 Å². The Labute approximate surface area is 116 Å². The first-order chi connectivity index (χ1) is 9.26. The summed E-state index contributed by atoms with van der Waals surface area (Å²) in [4.78, 5) is 0. The number of rotatable bonds is 6. The fraction of sp³-hybridized carbons (Fsp3) is 0.625. The summed E-state index contributed by atoms with van der Waals surface area (Å²) in [7, 11) is 0. The van der Waals surface area contributed by atoms with Gasteiger partial charge in [-0.25, -0.2) is 0 Å². The van der Waals surface area contributed by atoms with Crippen LogP contribution in [0.15, 0.2) is 18.2 Å². The lowest BCUT2D eigenvalue weighted by molar-refractivity contribution is 0.0777. The minimum atomic E-state index is 0.231. The van der Waals surface area contributed by atoms with Gasteiger partial charge in [0.05, 0.1) is 18.8 Å². The van der Waals surface area contributed by atoms with Crippen molar-refractivity contribution in [3.05, 3.63) is 29.3 Å². The molecule has 1 N–H and O–H groups in total. The molecular formula is C16H25NO2. The lowest BCUT2D eigenvalue weighted by Gasteiger charge is -2.26. The van der Waals surface area contributed by atoms with Crippen molar-refractivity contribution in [1.82, 2.24) is 5.32 Å². The lowest BCUT2D eigenvalue weighted by atomic mass is 9.96.